The Labute approximate surface area is 237 Å². The van der Waals surface area contributed by atoms with E-state index in [1.807, 2.05) is 14.0 Å². The van der Waals surface area contributed by atoms with Crippen LogP contribution in [0.2, 0.25) is 5.02 Å². The maximum absolute atomic E-state index is 14.5. The van der Waals surface area contributed by atoms with Gasteiger partial charge in [-0.2, -0.15) is 0 Å². The zero-order valence-corrected chi connectivity index (χ0v) is 24.4. The van der Waals surface area contributed by atoms with Crippen LogP contribution in [0.1, 0.15) is 76.7 Å². The van der Waals surface area contributed by atoms with Crippen molar-refractivity contribution in [2.45, 2.75) is 82.8 Å². The number of methoxy groups -OCH3 is 1. The van der Waals surface area contributed by atoms with E-state index in [1.165, 1.54) is 51.3 Å². The molecule has 1 saturated carbocycles. The summed E-state index contributed by atoms with van der Waals surface area (Å²) in [4.78, 5) is 26.8. The quantitative estimate of drug-likeness (QED) is 0.276. The maximum Gasteiger partial charge on any atom is 0.406 e. The molecule has 0 spiro atoms. The van der Waals surface area contributed by atoms with Crippen LogP contribution >= 0.6 is 11.6 Å². The number of likely N-dealkylation sites (N-methyl/N-ethyl adjacent to an activating group) is 1. The number of rotatable bonds is 11. The Bertz CT molecular complexity index is 943. The van der Waals surface area contributed by atoms with Crippen LogP contribution in [-0.2, 0) is 10.3 Å². The number of benzene rings is 1. The fourth-order valence-corrected chi connectivity index (χ4v) is 6.70. The van der Waals surface area contributed by atoms with Gasteiger partial charge in [0.15, 0.2) is 0 Å². The summed E-state index contributed by atoms with van der Waals surface area (Å²) in [5, 5.41) is 21.6. The van der Waals surface area contributed by atoms with E-state index in [-0.39, 0.29) is 30.1 Å². The van der Waals surface area contributed by atoms with Crippen molar-refractivity contribution in [1.82, 2.24) is 20.9 Å². The number of halogens is 2. The highest BCUT2D eigenvalue weighted by Crippen LogP contribution is 2.49. The molecule has 1 aliphatic heterocycles. The van der Waals surface area contributed by atoms with Gasteiger partial charge >= 0.3 is 12.1 Å². The van der Waals surface area contributed by atoms with Crippen molar-refractivity contribution in [2.24, 2.45) is 11.3 Å². The van der Waals surface area contributed by atoms with Gasteiger partial charge in [0.1, 0.15) is 5.82 Å². The van der Waals surface area contributed by atoms with Gasteiger partial charge in [-0.1, -0.05) is 50.6 Å². The summed E-state index contributed by atoms with van der Waals surface area (Å²) < 4.78 is 19.1. The molecular weight excluding hydrogens is 523 g/mol. The average Bonchev–Trinajstić information content (AvgIpc) is 2.91. The molecule has 1 aliphatic carbocycles. The van der Waals surface area contributed by atoms with Gasteiger partial charge in [-0.3, -0.25) is 0 Å². The number of piperidine rings is 1. The third kappa shape index (κ3) is 8.44. The molecule has 39 heavy (non-hydrogen) atoms. The summed E-state index contributed by atoms with van der Waals surface area (Å²) in [5.41, 5.74) is -1.88. The molecule has 3 rings (SSSR count). The number of carbonyl (C=O) groups is 2. The minimum atomic E-state index is -1.48. The Kier molecular flexibility index (Phi) is 11.7. The van der Waals surface area contributed by atoms with Gasteiger partial charge in [-0.15, -0.1) is 0 Å². The van der Waals surface area contributed by atoms with E-state index in [0.29, 0.717) is 50.4 Å². The topological polar surface area (TPSA) is 103 Å². The summed E-state index contributed by atoms with van der Waals surface area (Å²) >= 11 is 6.20. The second-order valence-corrected chi connectivity index (χ2v) is 12.0. The molecule has 1 heterocycles. The van der Waals surface area contributed by atoms with Crippen molar-refractivity contribution in [3.8, 4) is 0 Å². The van der Waals surface area contributed by atoms with Crippen LogP contribution in [0.25, 0.3) is 0 Å². The SMILES string of the molecule is CNC[C@H](CC1CCCCC1)NC(=O)N1CCC[C@@](C)([C@@](O)(CCCNC(=O)OC)c2cc(F)cc(Cl)c2)C1. The van der Waals surface area contributed by atoms with Crippen LogP contribution in [0.5, 0.6) is 0 Å². The summed E-state index contributed by atoms with van der Waals surface area (Å²) in [7, 11) is 3.19. The third-order valence-electron chi connectivity index (χ3n) is 8.61. The van der Waals surface area contributed by atoms with E-state index in [9.17, 15) is 19.1 Å². The van der Waals surface area contributed by atoms with Gasteiger partial charge in [-0.25, -0.2) is 14.0 Å². The molecule has 0 aromatic heterocycles. The Hall–Kier alpha value is -2.10. The van der Waals surface area contributed by atoms with Crippen molar-refractivity contribution >= 4 is 23.7 Å². The van der Waals surface area contributed by atoms with Crippen molar-refractivity contribution in [1.29, 1.82) is 0 Å². The van der Waals surface area contributed by atoms with E-state index >= 15 is 0 Å². The van der Waals surface area contributed by atoms with Crippen molar-refractivity contribution in [3.63, 3.8) is 0 Å². The molecular formula is C29H46ClFN4O4. The van der Waals surface area contributed by atoms with Crippen LogP contribution in [-0.4, -0.2) is 68.5 Å². The zero-order valence-electron chi connectivity index (χ0n) is 23.7. The Morgan fingerprint density at radius 3 is 2.67 bits per heavy atom. The zero-order chi connectivity index (χ0) is 28.5. The highest BCUT2D eigenvalue weighted by atomic mass is 35.5. The monoisotopic (exact) mass is 568 g/mol. The normalized spacial score (nSPS) is 22.6. The molecule has 3 amide bonds. The Morgan fingerprint density at radius 1 is 1.26 bits per heavy atom. The number of nitrogens with zero attached hydrogens (tertiary/aromatic N) is 1. The minimum absolute atomic E-state index is 0.0316. The number of ether oxygens (including phenoxy) is 1. The van der Waals surface area contributed by atoms with Gasteiger partial charge in [0.2, 0.25) is 0 Å². The number of aliphatic hydroxyl groups is 1. The van der Waals surface area contributed by atoms with E-state index < -0.39 is 22.9 Å². The lowest BCUT2D eigenvalue weighted by Crippen LogP contribution is -2.58. The van der Waals surface area contributed by atoms with Crippen LogP contribution in [0, 0.1) is 17.2 Å². The predicted molar refractivity (Wildman–Crippen MR) is 151 cm³/mol. The fourth-order valence-electron chi connectivity index (χ4n) is 6.48. The van der Waals surface area contributed by atoms with Gasteiger partial charge < -0.3 is 30.7 Å². The molecule has 2 aliphatic rings. The molecule has 0 radical (unpaired) electrons. The molecule has 0 unspecified atom stereocenters. The first-order chi connectivity index (χ1) is 18.6. The average molecular weight is 569 g/mol. The molecule has 0 bridgehead atoms. The maximum atomic E-state index is 14.5. The van der Waals surface area contributed by atoms with Crippen molar-refractivity contribution in [2.75, 3.05) is 40.3 Å². The first kappa shape index (κ1) is 31.4. The number of alkyl carbamates (subject to hydrolysis) is 1. The second-order valence-electron chi connectivity index (χ2n) is 11.6. The molecule has 8 nitrogen and oxygen atoms in total. The van der Waals surface area contributed by atoms with Gasteiger partial charge in [0.05, 0.1) is 12.7 Å². The van der Waals surface area contributed by atoms with Gasteiger partial charge in [0, 0.05) is 42.7 Å². The van der Waals surface area contributed by atoms with Crippen LogP contribution in [0.3, 0.4) is 0 Å². The van der Waals surface area contributed by atoms with E-state index in [2.05, 4.69) is 20.7 Å². The first-order valence-electron chi connectivity index (χ1n) is 14.3. The molecule has 2 fully saturated rings. The number of amides is 3. The molecule has 4 N–H and O–H groups in total. The second kappa shape index (κ2) is 14.5. The number of urea groups is 1. The minimum Gasteiger partial charge on any atom is -0.453 e. The molecule has 1 aromatic rings. The number of hydrogen-bond acceptors (Lipinski definition) is 5. The molecule has 1 aromatic carbocycles. The van der Waals surface area contributed by atoms with Crippen LogP contribution in [0.4, 0.5) is 14.0 Å². The Morgan fingerprint density at radius 2 is 2.00 bits per heavy atom. The van der Waals surface area contributed by atoms with Crippen molar-refractivity contribution < 1.29 is 23.8 Å². The summed E-state index contributed by atoms with van der Waals surface area (Å²) in [6.07, 6.45) is 8.66. The Balaban J connectivity index is 1.77. The lowest BCUT2D eigenvalue weighted by atomic mass is 9.63. The fraction of sp³-hybridized carbons (Fsp3) is 0.724. The largest absolute Gasteiger partial charge is 0.453 e. The first-order valence-corrected chi connectivity index (χ1v) is 14.7. The van der Waals surface area contributed by atoms with E-state index in [0.717, 1.165) is 6.42 Å². The lowest BCUT2D eigenvalue weighted by molar-refractivity contribution is -0.115. The van der Waals surface area contributed by atoms with Crippen molar-refractivity contribution in [3.05, 3.63) is 34.6 Å². The predicted octanol–water partition coefficient (Wildman–Crippen LogP) is 5.17. The highest BCUT2D eigenvalue weighted by molar-refractivity contribution is 6.30. The standard InChI is InChI=1S/C29H46ClFN4O4/c1-28(29(38,12-7-13-33-27(37)39-3)22-16-23(30)18-24(31)17-22)11-8-14-35(20-28)26(36)34-25(19-32-2)15-21-9-5-4-6-10-21/h16-18,21,25,32,38H,4-15,19-20H2,1-3H3,(H,33,37)(H,34,36)/t25-,28+,29+/m0/s1. The molecule has 10 heteroatoms. The van der Waals surface area contributed by atoms with Crippen LogP contribution in [0.15, 0.2) is 18.2 Å². The third-order valence-corrected chi connectivity index (χ3v) is 8.83. The van der Waals surface area contributed by atoms with Crippen LogP contribution < -0.4 is 16.0 Å². The summed E-state index contributed by atoms with van der Waals surface area (Å²) in [6, 6.07) is 4.02. The van der Waals surface area contributed by atoms with Gasteiger partial charge in [0.25, 0.3) is 0 Å². The molecule has 1 saturated heterocycles. The molecule has 220 valence electrons. The smallest absolute Gasteiger partial charge is 0.406 e. The summed E-state index contributed by atoms with van der Waals surface area (Å²) in [5.74, 6) is 0.0978. The lowest BCUT2D eigenvalue weighted by Gasteiger charge is -2.51. The number of likely N-dealkylation sites (tertiary alicyclic amines) is 1. The van der Waals surface area contributed by atoms with Gasteiger partial charge in [-0.05, 0) is 68.8 Å². The summed E-state index contributed by atoms with van der Waals surface area (Å²) in [6.45, 7) is 3.83. The number of carbonyl (C=O) groups excluding carboxylic acids is 2. The van der Waals surface area contributed by atoms with E-state index in [4.69, 9.17) is 11.6 Å². The molecule has 3 atom stereocenters. The number of nitrogens with one attached hydrogen (secondary N) is 3. The van der Waals surface area contributed by atoms with E-state index in [1.54, 1.807) is 11.0 Å². The number of hydrogen-bond donors (Lipinski definition) is 4. The highest BCUT2D eigenvalue weighted by Gasteiger charge is 2.50.